The summed E-state index contributed by atoms with van der Waals surface area (Å²) in [7, 11) is 2.04. The Bertz CT molecular complexity index is 1360. The Labute approximate surface area is 209 Å². The maximum atomic E-state index is 15.5. The van der Waals surface area contributed by atoms with E-state index >= 15 is 4.39 Å². The maximum Gasteiger partial charge on any atom is 0.275 e. The van der Waals surface area contributed by atoms with E-state index in [1.807, 2.05) is 47.7 Å². The van der Waals surface area contributed by atoms with E-state index in [1.54, 1.807) is 6.20 Å². The summed E-state index contributed by atoms with van der Waals surface area (Å²) in [6.45, 7) is 9.44. The molecule has 0 bridgehead atoms. The zero-order valence-electron chi connectivity index (χ0n) is 21.1. The van der Waals surface area contributed by atoms with Crippen LogP contribution in [-0.2, 0) is 0 Å². The van der Waals surface area contributed by atoms with Gasteiger partial charge in [-0.3, -0.25) is 20.4 Å². The maximum absolute atomic E-state index is 15.5. The molecule has 190 valence electrons. The number of hydrazine groups is 1. The molecule has 1 amide bonds. The van der Waals surface area contributed by atoms with Crippen LogP contribution in [0.5, 0.6) is 5.75 Å². The normalized spacial score (nSPS) is 17.8. The van der Waals surface area contributed by atoms with Crippen LogP contribution in [0.25, 0.3) is 10.9 Å². The molecule has 0 spiro atoms. The minimum absolute atomic E-state index is 0.0553. The number of hydrogen-bond donors (Lipinski definition) is 2. The van der Waals surface area contributed by atoms with Crippen molar-refractivity contribution in [2.45, 2.75) is 32.7 Å². The number of amides is 1. The highest BCUT2D eigenvalue weighted by Gasteiger charge is 2.31. The lowest BCUT2D eigenvalue weighted by Crippen LogP contribution is -2.45. The fourth-order valence-electron chi connectivity index (χ4n) is 4.85. The lowest BCUT2D eigenvalue weighted by Gasteiger charge is -2.37. The third kappa shape index (κ3) is 4.28. The molecule has 1 saturated heterocycles. The second-order valence-corrected chi connectivity index (χ2v) is 10.0. The van der Waals surface area contributed by atoms with Gasteiger partial charge in [0.1, 0.15) is 17.9 Å². The number of pyridine rings is 1. The Morgan fingerprint density at radius 3 is 2.50 bits per heavy atom. The van der Waals surface area contributed by atoms with E-state index in [0.717, 1.165) is 13.1 Å². The quantitative estimate of drug-likeness (QED) is 0.528. The van der Waals surface area contributed by atoms with E-state index in [0.29, 0.717) is 48.3 Å². The minimum Gasteiger partial charge on any atom is -0.487 e. The first kappa shape index (κ1) is 24.1. The second-order valence-electron chi connectivity index (χ2n) is 10.0. The van der Waals surface area contributed by atoms with Crippen LogP contribution in [-0.4, -0.2) is 55.2 Å². The SMILES string of the molecule is CC(C)c1ccc(NNC(=O)c2cn3c4c(c(N5CCN(C)CC5)c(F)cc4c2=O)OCC3C)cc1. The molecule has 36 heavy (non-hydrogen) atoms. The van der Waals surface area contributed by atoms with Crippen molar-refractivity contribution in [3.8, 4) is 5.75 Å². The van der Waals surface area contributed by atoms with E-state index in [1.165, 1.54) is 11.6 Å². The molecule has 3 aromatic rings. The zero-order chi connectivity index (χ0) is 25.6. The molecule has 2 aromatic carbocycles. The van der Waals surface area contributed by atoms with Crippen LogP contribution in [0.4, 0.5) is 15.8 Å². The van der Waals surface area contributed by atoms with E-state index in [2.05, 4.69) is 29.6 Å². The Morgan fingerprint density at radius 2 is 1.83 bits per heavy atom. The van der Waals surface area contributed by atoms with Crippen LogP contribution in [0.2, 0.25) is 0 Å². The number of piperazine rings is 1. The first-order chi connectivity index (χ1) is 17.2. The molecule has 0 aliphatic carbocycles. The van der Waals surface area contributed by atoms with Crippen molar-refractivity contribution >= 4 is 28.2 Å². The zero-order valence-corrected chi connectivity index (χ0v) is 21.1. The predicted octanol–water partition coefficient (Wildman–Crippen LogP) is 3.73. The number of benzene rings is 2. The minimum atomic E-state index is -0.581. The number of carbonyl (C=O) groups excluding carboxylic acids is 1. The van der Waals surface area contributed by atoms with E-state index in [4.69, 9.17) is 4.74 Å². The number of aromatic nitrogens is 1. The summed E-state index contributed by atoms with van der Waals surface area (Å²) in [6.07, 6.45) is 1.56. The highest BCUT2D eigenvalue weighted by atomic mass is 19.1. The largest absolute Gasteiger partial charge is 0.487 e. The number of hydrogen-bond acceptors (Lipinski definition) is 6. The second kappa shape index (κ2) is 9.46. The van der Waals surface area contributed by atoms with Crippen molar-refractivity contribution in [3.05, 3.63) is 63.7 Å². The van der Waals surface area contributed by atoms with E-state index in [9.17, 15) is 9.59 Å². The van der Waals surface area contributed by atoms with Gasteiger partial charge in [0.2, 0.25) is 5.43 Å². The van der Waals surface area contributed by atoms with Crippen LogP contribution in [0.15, 0.2) is 41.3 Å². The van der Waals surface area contributed by atoms with Crippen molar-refractivity contribution in [2.24, 2.45) is 0 Å². The highest BCUT2D eigenvalue weighted by Crippen LogP contribution is 2.42. The molecule has 2 N–H and O–H groups in total. The highest BCUT2D eigenvalue weighted by molar-refractivity contribution is 6.00. The fourth-order valence-corrected chi connectivity index (χ4v) is 4.85. The molecule has 8 nitrogen and oxygen atoms in total. The summed E-state index contributed by atoms with van der Waals surface area (Å²) in [5, 5.41) is 0.140. The molecule has 1 fully saturated rings. The van der Waals surface area contributed by atoms with Crippen molar-refractivity contribution in [1.29, 1.82) is 0 Å². The Balaban J connectivity index is 1.50. The van der Waals surface area contributed by atoms with Crippen molar-refractivity contribution < 1.29 is 13.9 Å². The Morgan fingerprint density at radius 1 is 1.14 bits per heavy atom. The summed E-state index contributed by atoms with van der Waals surface area (Å²) in [4.78, 5) is 30.6. The van der Waals surface area contributed by atoms with Crippen LogP contribution in [0.3, 0.4) is 0 Å². The summed E-state index contributed by atoms with van der Waals surface area (Å²) >= 11 is 0. The van der Waals surface area contributed by atoms with Gasteiger partial charge in [-0.25, -0.2) is 4.39 Å². The molecule has 5 rings (SSSR count). The topological polar surface area (TPSA) is 78.8 Å². The molecule has 1 aromatic heterocycles. The molecule has 9 heteroatoms. The molecule has 1 unspecified atom stereocenters. The predicted molar refractivity (Wildman–Crippen MR) is 140 cm³/mol. The van der Waals surface area contributed by atoms with Gasteiger partial charge in [0.15, 0.2) is 11.6 Å². The number of rotatable bonds is 5. The summed E-state index contributed by atoms with van der Waals surface area (Å²) in [6, 6.07) is 8.83. The average molecular weight is 494 g/mol. The molecule has 3 heterocycles. The van der Waals surface area contributed by atoms with Crippen LogP contribution >= 0.6 is 0 Å². The third-order valence-corrected chi connectivity index (χ3v) is 7.10. The first-order valence-corrected chi connectivity index (χ1v) is 12.4. The van der Waals surface area contributed by atoms with Crippen molar-refractivity contribution in [1.82, 2.24) is 14.9 Å². The Kier molecular flexibility index (Phi) is 6.34. The van der Waals surface area contributed by atoms with Crippen LogP contribution < -0.4 is 25.9 Å². The number of likely N-dealkylation sites (N-methyl/N-ethyl adjacent to an activating group) is 1. The molecule has 0 saturated carbocycles. The van der Waals surface area contributed by atoms with Gasteiger partial charge in [0, 0.05) is 32.4 Å². The summed E-state index contributed by atoms with van der Waals surface area (Å²) in [5.74, 6) is -0.320. The lowest BCUT2D eigenvalue weighted by atomic mass is 10.0. The third-order valence-electron chi connectivity index (χ3n) is 7.10. The summed E-state index contributed by atoms with van der Waals surface area (Å²) in [5.41, 5.74) is 7.69. The van der Waals surface area contributed by atoms with Crippen LogP contribution in [0.1, 0.15) is 48.7 Å². The standard InChI is InChI=1S/C27H32FN5O3/c1-16(2)18-5-7-19(8-6-18)29-30-27(35)21-14-33-17(3)15-36-26-23(33)20(25(21)34)13-22(28)24(26)32-11-9-31(4)10-12-32/h5-8,13-14,16-17,29H,9-12,15H2,1-4H3,(H,30,35). The number of anilines is 2. The van der Waals surface area contributed by atoms with E-state index in [-0.39, 0.29) is 17.0 Å². The fraction of sp³-hybridized carbons (Fsp3) is 0.407. The number of carbonyl (C=O) groups is 1. The summed E-state index contributed by atoms with van der Waals surface area (Å²) < 4.78 is 23.4. The molecule has 2 aliphatic heterocycles. The van der Waals surface area contributed by atoms with Crippen molar-refractivity contribution in [3.63, 3.8) is 0 Å². The van der Waals surface area contributed by atoms with Gasteiger partial charge in [0.05, 0.1) is 22.6 Å². The lowest BCUT2D eigenvalue weighted by molar-refractivity contribution is 0.0960. The van der Waals surface area contributed by atoms with Gasteiger partial charge in [0.25, 0.3) is 5.91 Å². The number of nitrogens with zero attached hydrogens (tertiary/aromatic N) is 3. The van der Waals surface area contributed by atoms with Gasteiger partial charge in [-0.15, -0.1) is 0 Å². The number of halogens is 1. The number of ether oxygens (including phenoxy) is 1. The van der Waals surface area contributed by atoms with Gasteiger partial charge >= 0.3 is 0 Å². The average Bonchev–Trinajstić information content (AvgIpc) is 2.86. The first-order valence-electron chi connectivity index (χ1n) is 12.4. The van der Waals surface area contributed by atoms with E-state index < -0.39 is 17.2 Å². The molecular weight excluding hydrogens is 461 g/mol. The molecule has 1 atom stereocenters. The number of nitrogens with one attached hydrogen (secondary N) is 2. The van der Waals surface area contributed by atoms with Crippen molar-refractivity contribution in [2.75, 3.05) is 50.2 Å². The smallest absolute Gasteiger partial charge is 0.275 e. The van der Waals surface area contributed by atoms with Gasteiger partial charge in [-0.05, 0) is 43.7 Å². The van der Waals surface area contributed by atoms with Crippen LogP contribution in [0, 0.1) is 5.82 Å². The molecular formula is C27H32FN5O3. The molecule has 2 aliphatic rings. The monoisotopic (exact) mass is 493 g/mol. The van der Waals surface area contributed by atoms with Gasteiger partial charge in [-0.1, -0.05) is 26.0 Å². The Hall–Kier alpha value is -3.59. The van der Waals surface area contributed by atoms with Gasteiger partial charge < -0.3 is 19.1 Å². The molecule has 0 radical (unpaired) electrons. The van der Waals surface area contributed by atoms with Gasteiger partial charge in [-0.2, -0.15) is 0 Å².